The zero-order valence-electron chi connectivity index (χ0n) is 14.7. The lowest BCUT2D eigenvalue weighted by Crippen LogP contribution is -2.27. The van der Waals surface area contributed by atoms with Crippen molar-refractivity contribution in [2.24, 2.45) is 0 Å². The fourth-order valence-electron chi connectivity index (χ4n) is 2.97. The Bertz CT molecular complexity index is 624. The normalized spacial score (nSPS) is 23.8. The fourth-order valence-corrected chi connectivity index (χ4v) is 3.45. The van der Waals surface area contributed by atoms with Crippen LogP contribution in [0.3, 0.4) is 0 Å². The lowest BCUT2D eigenvalue weighted by Gasteiger charge is -2.13. The largest absolute Gasteiger partial charge is 0.566 e. The standard InChI is InChI=1S/C16H26N3O5P/c1-12-14(24-25(21)22)11-15(23-12)19-10-8-13(18-16(19)20)7-5-3-4-6-9-17-2/h8,10,12,14-15,17H,3-7,9,11H2,1-2H3. The number of hydrogen-bond donors (Lipinski definition) is 1. The summed E-state index contributed by atoms with van der Waals surface area (Å²) in [6.45, 7) is 2.75. The van der Waals surface area contributed by atoms with Gasteiger partial charge < -0.3 is 14.9 Å². The highest BCUT2D eigenvalue weighted by molar-refractivity contribution is 7.30. The van der Waals surface area contributed by atoms with E-state index in [1.165, 1.54) is 4.57 Å². The monoisotopic (exact) mass is 371 g/mol. The van der Waals surface area contributed by atoms with Gasteiger partial charge in [0.05, 0.1) is 6.10 Å². The zero-order chi connectivity index (χ0) is 18.2. The summed E-state index contributed by atoms with van der Waals surface area (Å²) >= 11 is 0. The number of aromatic nitrogens is 2. The van der Waals surface area contributed by atoms with E-state index in [9.17, 15) is 14.3 Å². The molecule has 0 radical (unpaired) electrons. The van der Waals surface area contributed by atoms with Gasteiger partial charge in [-0.1, -0.05) is 12.8 Å². The summed E-state index contributed by atoms with van der Waals surface area (Å²) in [6.07, 6.45) is 5.66. The van der Waals surface area contributed by atoms with Gasteiger partial charge in [0.1, 0.15) is 12.3 Å². The average molecular weight is 371 g/mol. The molecule has 2 rings (SSSR count). The summed E-state index contributed by atoms with van der Waals surface area (Å²) < 4.78 is 22.6. The molecular formula is C16H26N3O5P. The van der Waals surface area contributed by atoms with Crippen LogP contribution in [-0.4, -0.2) is 35.4 Å². The second kappa shape index (κ2) is 10.1. The second-order valence-electron chi connectivity index (χ2n) is 6.28. The molecule has 9 heteroatoms. The number of aryl methyl sites for hydroxylation is 1. The lowest BCUT2D eigenvalue weighted by atomic mass is 10.1. The van der Waals surface area contributed by atoms with Crippen LogP contribution in [0.2, 0.25) is 0 Å². The molecule has 25 heavy (non-hydrogen) atoms. The molecule has 0 saturated carbocycles. The smallest absolute Gasteiger partial charge is 0.488 e. The Labute approximate surface area is 148 Å². The van der Waals surface area contributed by atoms with Crippen molar-refractivity contribution >= 4 is 8.25 Å². The van der Waals surface area contributed by atoms with Gasteiger partial charge in [0.2, 0.25) is 0 Å². The van der Waals surface area contributed by atoms with E-state index in [2.05, 4.69) is 10.3 Å². The van der Waals surface area contributed by atoms with E-state index in [4.69, 9.17) is 9.26 Å². The molecule has 4 unspecified atom stereocenters. The van der Waals surface area contributed by atoms with Crippen molar-refractivity contribution in [3.05, 3.63) is 28.4 Å². The molecule has 1 aromatic heterocycles. The molecule has 1 aliphatic rings. The van der Waals surface area contributed by atoms with Gasteiger partial charge >= 0.3 is 13.9 Å². The molecule has 1 saturated heterocycles. The SMILES string of the molecule is CNCCCCCCc1ccn(C2CC(O[P+](=O)[O-])C(C)O2)c(=O)n1. The van der Waals surface area contributed by atoms with Crippen LogP contribution in [0.15, 0.2) is 17.1 Å². The third kappa shape index (κ3) is 6.24. The molecule has 0 aromatic carbocycles. The minimum absolute atomic E-state index is 0.302. The topological polar surface area (TPSA) is 106 Å². The van der Waals surface area contributed by atoms with Gasteiger partial charge in [-0.25, -0.2) is 4.79 Å². The highest BCUT2D eigenvalue weighted by Gasteiger charge is 2.38. The molecule has 4 atom stereocenters. The maximum absolute atomic E-state index is 12.2. The molecule has 140 valence electrons. The third-order valence-electron chi connectivity index (χ3n) is 4.36. The van der Waals surface area contributed by atoms with Gasteiger partial charge in [0, 0.05) is 18.3 Å². The van der Waals surface area contributed by atoms with Crippen LogP contribution < -0.4 is 15.9 Å². The number of rotatable bonds is 10. The summed E-state index contributed by atoms with van der Waals surface area (Å²) in [4.78, 5) is 27.1. The minimum Gasteiger partial charge on any atom is -0.566 e. The highest BCUT2D eigenvalue weighted by atomic mass is 31.1. The lowest BCUT2D eigenvalue weighted by molar-refractivity contribution is -0.190. The number of nitrogens with one attached hydrogen (secondary N) is 1. The van der Waals surface area contributed by atoms with Crippen molar-refractivity contribution in [2.75, 3.05) is 13.6 Å². The van der Waals surface area contributed by atoms with Crippen LogP contribution in [0.5, 0.6) is 0 Å². The predicted molar refractivity (Wildman–Crippen MR) is 91.3 cm³/mol. The Kier molecular flexibility index (Phi) is 8.12. The number of hydrogen-bond acceptors (Lipinski definition) is 7. The Balaban J connectivity index is 1.87. The molecule has 0 aliphatic carbocycles. The van der Waals surface area contributed by atoms with Crippen LogP contribution in [0.25, 0.3) is 0 Å². The highest BCUT2D eigenvalue weighted by Crippen LogP contribution is 2.33. The summed E-state index contributed by atoms with van der Waals surface area (Å²) in [5, 5.41) is 3.12. The van der Waals surface area contributed by atoms with Gasteiger partial charge in [0.25, 0.3) is 0 Å². The first-order chi connectivity index (χ1) is 12.0. The molecule has 0 spiro atoms. The van der Waals surface area contributed by atoms with Crippen molar-refractivity contribution < 1.29 is 18.7 Å². The molecule has 1 fully saturated rings. The molecule has 0 amide bonds. The summed E-state index contributed by atoms with van der Waals surface area (Å²) in [5.41, 5.74) is 0.397. The van der Waals surface area contributed by atoms with E-state index in [-0.39, 0.29) is 5.69 Å². The van der Waals surface area contributed by atoms with Crippen LogP contribution >= 0.6 is 8.25 Å². The van der Waals surface area contributed by atoms with Gasteiger partial charge in [-0.05, 0) is 50.4 Å². The van der Waals surface area contributed by atoms with Crippen molar-refractivity contribution in [1.29, 1.82) is 0 Å². The molecule has 1 aliphatic heterocycles. The average Bonchev–Trinajstić information content (AvgIpc) is 2.90. The van der Waals surface area contributed by atoms with Gasteiger partial charge in [-0.15, -0.1) is 4.52 Å². The number of unbranched alkanes of at least 4 members (excludes halogenated alkanes) is 3. The maximum Gasteiger partial charge on any atom is 0.488 e. The minimum atomic E-state index is -2.94. The van der Waals surface area contributed by atoms with Crippen molar-refractivity contribution in [1.82, 2.24) is 14.9 Å². The Hall–Kier alpha value is -1.18. The molecular weight excluding hydrogens is 345 g/mol. The van der Waals surface area contributed by atoms with Crippen molar-refractivity contribution in [3.8, 4) is 0 Å². The van der Waals surface area contributed by atoms with Crippen LogP contribution in [0, 0.1) is 0 Å². The molecule has 0 bridgehead atoms. The number of nitrogens with zero attached hydrogens (tertiary/aromatic N) is 2. The van der Waals surface area contributed by atoms with Crippen molar-refractivity contribution in [2.45, 2.75) is 63.9 Å². The quantitative estimate of drug-likeness (QED) is 0.488. The van der Waals surface area contributed by atoms with Crippen LogP contribution in [-0.2, 0) is 20.2 Å². The third-order valence-corrected chi connectivity index (χ3v) is 4.80. The summed E-state index contributed by atoms with van der Waals surface area (Å²) in [6, 6.07) is 1.82. The van der Waals surface area contributed by atoms with E-state index in [0.29, 0.717) is 6.42 Å². The molecule has 8 nitrogen and oxygen atoms in total. The summed E-state index contributed by atoms with van der Waals surface area (Å²) in [7, 11) is -0.992. The Morgan fingerprint density at radius 2 is 2.20 bits per heavy atom. The molecule has 1 N–H and O–H groups in total. The van der Waals surface area contributed by atoms with Crippen LogP contribution in [0.4, 0.5) is 0 Å². The first kappa shape index (κ1) is 20.1. The first-order valence-corrected chi connectivity index (χ1v) is 9.80. The first-order valence-electron chi connectivity index (χ1n) is 8.70. The molecule has 2 heterocycles. The second-order valence-corrected chi connectivity index (χ2v) is 6.93. The number of ether oxygens (including phenoxy) is 1. The fraction of sp³-hybridized carbons (Fsp3) is 0.750. The van der Waals surface area contributed by atoms with Gasteiger partial charge in [-0.3, -0.25) is 4.57 Å². The maximum atomic E-state index is 12.2. The Morgan fingerprint density at radius 1 is 1.44 bits per heavy atom. The summed E-state index contributed by atoms with van der Waals surface area (Å²) in [5.74, 6) is 0. The van der Waals surface area contributed by atoms with E-state index >= 15 is 0 Å². The predicted octanol–water partition coefficient (Wildman–Crippen LogP) is 1.28. The van der Waals surface area contributed by atoms with E-state index in [1.807, 2.05) is 13.1 Å². The molecule has 1 aromatic rings. The zero-order valence-corrected chi connectivity index (χ0v) is 15.6. The van der Waals surface area contributed by atoms with Gasteiger partial charge in [-0.2, -0.15) is 4.98 Å². The van der Waals surface area contributed by atoms with E-state index in [0.717, 1.165) is 44.3 Å². The van der Waals surface area contributed by atoms with Gasteiger partial charge in [0.15, 0.2) is 0 Å². The van der Waals surface area contributed by atoms with Crippen LogP contribution in [0.1, 0.15) is 50.9 Å². The van der Waals surface area contributed by atoms with Crippen molar-refractivity contribution in [3.63, 3.8) is 0 Å². The Morgan fingerprint density at radius 3 is 2.88 bits per heavy atom. The van der Waals surface area contributed by atoms with E-state index in [1.54, 1.807) is 13.1 Å². The van der Waals surface area contributed by atoms with E-state index < -0.39 is 26.7 Å².